The number of thioether (sulfide) groups is 1. The zero-order chi connectivity index (χ0) is 10.6. The molecule has 0 saturated carbocycles. The van der Waals surface area contributed by atoms with Crippen LogP contribution in [-0.2, 0) is 0 Å². The summed E-state index contributed by atoms with van der Waals surface area (Å²) in [5, 5.41) is 8.81. The van der Waals surface area contributed by atoms with E-state index in [1.807, 2.05) is 13.0 Å². The highest BCUT2D eigenvalue weighted by Crippen LogP contribution is 2.23. The molecule has 0 fully saturated rings. The van der Waals surface area contributed by atoms with Crippen molar-refractivity contribution in [2.24, 2.45) is 5.73 Å². The molecule has 76 valence electrons. The summed E-state index contributed by atoms with van der Waals surface area (Å²) in [5.41, 5.74) is 5.43. The fourth-order valence-electron chi connectivity index (χ4n) is 0.944. The molecule has 5 heteroatoms. The molecule has 1 aromatic heterocycles. The van der Waals surface area contributed by atoms with Gasteiger partial charge in [0.05, 0.1) is 15.3 Å². The van der Waals surface area contributed by atoms with Crippen LogP contribution in [0, 0.1) is 5.41 Å². The van der Waals surface area contributed by atoms with Gasteiger partial charge in [0.2, 0.25) is 0 Å². The highest BCUT2D eigenvalue weighted by Gasteiger charge is 2.11. The van der Waals surface area contributed by atoms with Gasteiger partial charge in [0.25, 0.3) is 0 Å². The molecule has 0 aromatic carbocycles. The van der Waals surface area contributed by atoms with Gasteiger partial charge >= 0.3 is 0 Å². The molecule has 0 spiro atoms. The van der Waals surface area contributed by atoms with Gasteiger partial charge < -0.3 is 5.73 Å². The Labute approximate surface area is 92.6 Å². The Morgan fingerprint density at radius 1 is 1.71 bits per heavy atom. The molecule has 3 N–H and O–H groups in total. The van der Waals surface area contributed by atoms with Crippen LogP contribution in [-0.4, -0.2) is 16.1 Å². The maximum absolute atomic E-state index is 7.35. The number of aromatic nitrogens is 1. The summed E-state index contributed by atoms with van der Waals surface area (Å²) >= 11 is 7.19. The standard InChI is InChI=1S/C9H12ClN3S/c1-2-7(9(11)12)14-8-4-3-6(10)5-13-8/h3-5,7H,2H2,1H3,(H3,11,12). The Balaban J connectivity index is 2.67. The van der Waals surface area contributed by atoms with Crippen molar-refractivity contribution in [3.8, 4) is 0 Å². The molecule has 0 radical (unpaired) electrons. The average Bonchev–Trinajstić information content (AvgIpc) is 2.16. The lowest BCUT2D eigenvalue weighted by atomic mass is 10.3. The van der Waals surface area contributed by atoms with E-state index in [-0.39, 0.29) is 11.1 Å². The Hall–Kier alpha value is -0.740. The van der Waals surface area contributed by atoms with Gasteiger partial charge in [0, 0.05) is 6.20 Å². The van der Waals surface area contributed by atoms with Gasteiger partial charge in [-0.15, -0.1) is 0 Å². The molecule has 1 unspecified atom stereocenters. The van der Waals surface area contributed by atoms with Crippen LogP contribution in [0.2, 0.25) is 5.02 Å². The van der Waals surface area contributed by atoms with Crippen molar-refractivity contribution < 1.29 is 0 Å². The normalized spacial score (nSPS) is 12.4. The maximum Gasteiger partial charge on any atom is 0.104 e. The quantitative estimate of drug-likeness (QED) is 0.474. The molecule has 1 atom stereocenters. The highest BCUT2D eigenvalue weighted by atomic mass is 35.5. The van der Waals surface area contributed by atoms with E-state index >= 15 is 0 Å². The number of nitrogens with two attached hydrogens (primary N) is 1. The summed E-state index contributed by atoms with van der Waals surface area (Å²) in [7, 11) is 0. The van der Waals surface area contributed by atoms with Crippen molar-refractivity contribution >= 4 is 29.2 Å². The molecular formula is C9H12ClN3S. The molecule has 1 heterocycles. The Morgan fingerprint density at radius 2 is 2.43 bits per heavy atom. The van der Waals surface area contributed by atoms with Crippen LogP contribution in [0.5, 0.6) is 0 Å². The van der Waals surface area contributed by atoms with Gasteiger partial charge in [-0.1, -0.05) is 30.3 Å². The summed E-state index contributed by atoms with van der Waals surface area (Å²) in [6.45, 7) is 2.00. The lowest BCUT2D eigenvalue weighted by molar-refractivity contribution is 0.984. The van der Waals surface area contributed by atoms with Gasteiger partial charge in [-0.25, -0.2) is 4.98 Å². The SMILES string of the molecule is CCC(Sc1ccc(Cl)cn1)C(=N)N. The second-order valence-corrected chi connectivity index (χ2v) is 4.44. The monoisotopic (exact) mass is 229 g/mol. The van der Waals surface area contributed by atoms with Crippen LogP contribution >= 0.6 is 23.4 Å². The van der Waals surface area contributed by atoms with E-state index in [2.05, 4.69) is 4.98 Å². The van der Waals surface area contributed by atoms with Crippen LogP contribution in [0.4, 0.5) is 0 Å². The third-order valence-corrected chi connectivity index (χ3v) is 3.26. The molecule has 3 nitrogen and oxygen atoms in total. The molecule has 0 aliphatic heterocycles. The van der Waals surface area contributed by atoms with Crippen LogP contribution in [0.25, 0.3) is 0 Å². The van der Waals surface area contributed by atoms with E-state index in [9.17, 15) is 0 Å². The molecule has 0 aliphatic carbocycles. The van der Waals surface area contributed by atoms with Crippen LogP contribution in [0.3, 0.4) is 0 Å². The second-order valence-electron chi connectivity index (χ2n) is 2.78. The Kier molecular flexibility index (Phi) is 4.22. The zero-order valence-electron chi connectivity index (χ0n) is 7.83. The zero-order valence-corrected chi connectivity index (χ0v) is 9.40. The summed E-state index contributed by atoms with van der Waals surface area (Å²) < 4.78 is 0. The van der Waals surface area contributed by atoms with Crippen molar-refractivity contribution in [1.82, 2.24) is 4.98 Å². The Bertz CT molecular complexity index is 312. The molecule has 0 bridgehead atoms. The predicted octanol–water partition coefficient (Wildman–Crippen LogP) is 2.54. The second kappa shape index (κ2) is 5.22. The first kappa shape index (κ1) is 11.3. The molecule has 1 rings (SSSR count). The van der Waals surface area contributed by atoms with Crippen molar-refractivity contribution in [1.29, 1.82) is 5.41 Å². The van der Waals surface area contributed by atoms with E-state index in [0.717, 1.165) is 11.4 Å². The topological polar surface area (TPSA) is 62.8 Å². The maximum atomic E-state index is 7.35. The van der Waals surface area contributed by atoms with E-state index in [0.29, 0.717) is 5.02 Å². The fraction of sp³-hybridized carbons (Fsp3) is 0.333. The summed E-state index contributed by atoms with van der Waals surface area (Å²) in [6.07, 6.45) is 2.42. The number of hydrogen-bond acceptors (Lipinski definition) is 3. The van der Waals surface area contributed by atoms with Crippen molar-refractivity contribution in [2.75, 3.05) is 0 Å². The highest BCUT2D eigenvalue weighted by molar-refractivity contribution is 8.00. The fourth-order valence-corrected chi connectivity index (χ4v) is 1.90. The number of rotatable bonds is 4. The largest absolute Gasteiger partial charge is 0.387 e. The predicted molar refractivity (Wildman–Crippen MR) is 61.1 cm³/mol. The first-order chi connectivity index (χ1) is 6.63. The number of halogens is 1. The summed E-state index contributed by atoms with van der Waals surface area (Å²) in [6, 6.07) is 3.61. The molecular weight excluding hydrogens is 218 g/mol. The Morgan fingerprint density at radius 3 is 2.86 bits per heavy atom. The van der Waals surface area contributed by atoms with Crippen molar-refractivity contribution in [3.63, 3.8) is 0 Å². The molecule has 0 aliphatic rings. The molecule has 0 saturated heterocycles. The number of amidine groups is 1. The van der Waals surface area contributed by atoms with E-state index in [4.69, 9.17) is 22.7 Å². The molecule has 0 amide bonds. The number of hydrogen-bond donors (Lipinski definition) is 2. The van der Waals surface area contributed by atoms with E-state index in [1.54, 1.807) is 12.3 Å². The molecule has 1 aromatic rings. The first-order valence-corrected chi connectivity index (χ1v) is 5.51. The third-order valence-electron chi connectivity index (χ3n) is 1.68. The van der Waals surface area contributed by atoms with Crippen molar-refractivity contribution in [2.45, 2.75) is 23.6 Å². The van der Waals surface area contributed by atoms with Crippen LogP contribution in [0.1, 0.15) is 13.3 Å². The van der Waals surface area contributed by atoms with Crippen LogP contribution < -0.4 is 5.73 Å². The first-order valence-electron chi connectivity index (χ1n) is 4.25. The third kappa shape index (κ3) is 3.20. The minimum atomic E-state index is 0.00340. The van der Waals surface area contributed by atoms with Gasteiger partial charge in [-0.2, -0.15) is 0 Å². The van der Waals surface area contributed by atoms with Crippen LogP contribution in [0.15, 0.2) is 23.4 Å². The van der Waals surface area contributed by atoms with E-state index < -0.39 is 0 Å². The van der Waals surface area contributed by atoms with Gasteiger partial charge in [-0.3, -0.25) is 5.41 Å². The average molecular weight is 230 g/mol. The molecule has 14 heavy (non-hydrogen) atoms. The minimum Gasteiger partial charge on any atom is -0.387 e. The van der Waals surface area contributed by atoms with Gasteiger partial charge in [-0.05, 0) is 18.6 Å². The van der Waals surface area contributed by atoms with Gasteiger partial charge in [0.15, 0.2) is 0 Å². The number of nitrogens with zero attached hydrogens (tertiary/aromatic N) is 1. The lowest BCUT2D eigenvalue weighted by Gasteiger charge is -2.11. The number of pyridine rings is 1. The smallest absolute Gasteiger partial charge is 0.104 e. The van der Waals surface area contributed by atoms with Crippen molar-refractivity contribution in [3.05, 3.63) is 23.4 Å². The van der Waals surface area contributed by atoms with Gasteiger partial charge in [0.1, 0.15) is 5.84 Å². The number of nitrogens with one attached hydrogen (secondary N) is 1. The van der Waals surface area contributed by atoms with E-state index in [1.165, 1.54) is 11.8 Å². The summed E-state index contributed by atoms with van der Waals surface area (Å²) in [4.78, 5) is 4.13. The minimum absolute atomic E-state index is 0.00340. The lowest BCUT2D eigenvalue weighted by Crippen LogP contribution is -2.24. The summed E-state index contributed by atoms with van der Waals surface area (Å²) in [5.74, 6) is 0.189.